The molecular formula is C22H29N2O5+. The van der Waals surface area contributed by atoms with Crippen LogP contribution in [0.2, 0.25) is 0 Å². The number of nitrogens with two attached hydrogens (primary N) is 1. The topological polar surface area (TPSA) is 86.1 Å². The SMILES string of the molecule is COc1ccc([C@@H]2C/C(=N\O)[C@@H](C)[C@H](c3ccc(OC)c(OC)c3)[NH2+]2)cc1OC. The van der Waals surface area contributed by atoms with Crippen LogP contribution in [0.15, 0.2) is 41.6 Å². The van der Waals surface area contributed by atoms with E-state index in [2.05, 4.69) is 17.4 Å². The summed E-state index contributed by atoms with van der Waals surface area (Å²) in [4.78, 5) is 0. The summed E-state index contributed by atoms with van der Waals surface area (Å²) in [6.07, 6.45) is 0.650. The maximum atomic E-state index is 9.64. The first-order valence-electron chi connectivity index (χ1n) is 9.55. The molecular weight excluding hydrogens is 372 g/mol. The molecule has 0 radical (unpaired) electrons. The summed E-state index contributed by atoms with van der Waals surface area (Å²) >= 11 is 0. The van der Waals surface area contributed by atoms with Gasteiger partial charge in [0, 0.05) is 17.5 Å². The smallest absolute Gasteiger partial charge is 0.161 e. The Morgan fingerprint density at radius 1 is 0.828 bits per heavy atom. The highest BCUT2D eigenvalue weighted by atomic mass is 16.5. The monoisotopic (exact) mass is 401 g/mol. The van der Waals surface area contributed by atoms with E-state index in [1.807, 2.05) is 36.4 Å². The van der Waals surface area contributed by atoms with Crippen LogP contribution >= 0.6 is 0 Å². The molecule has 7 heteroatoms. The van der Waals surface area contributed by atoms with Crippen LogP contribution in [0.25, 0.3) is 0 Å². The molecule has 7 nitrogen and oxygen atoms in total. The highest BCUT2D eigenvalue weighted by Gasteiger charge is 2.38. The Hall–Kier alpha value is -2.93. The molecule has 2 aromatic rings. The Labute approximate surface area is 171 Å². The number of nitrogens with zero attached hydrogens (tertiary/aromatic N) is 1. The third-order valence-corrected chi connectivity index (χ3v) is 5.69. The average Bonchev–Trinajstić information content (AvgIpc) is 2.78. The summed E-state index contributed by atoms with van der Waals surface area (Å²) in [6.45, 7) is 2.08. The number of methoxy groups -OCH3 is 4. The number of quaternary nitrogens is 1. The quantitative estimate of drug-likeness (QED) is 0.574. The number of hydrogen-bond donors (Lipinski definition) is 2. The minimum Gasteiger partial charge on any atom is -0.493 e. The summed E-state index contributed by atoms with van der Waals surface area (Å²) in [5.41, 5.74) is 2.94. The molecule has 1 fully saturated rings. The number of benzene rings is 2. The highest BCUT2D eigenvalue weighted by Crippen LogP contribution is 2.36. The van der Waals surface area contributed by atoms with Gasteiger partial charge in [-0.25, -0.2) is 0 Å². The maximum absolute atomic E-state index is 9.64. The number of oxime groups is 1. The number of ether oxygens (including phenoxy) is 4. The van der Waals surface area contributed by atoms with Crippen molar-refractivity contribution >= 4 is 5.71 Å². The first-order chi connectivity index (χ1) is 14.1. The van der Waals surface area contributed by atoms with Crippen molar-refractivity contribution in [3.63, 3.8) is 0 Å². The second kappa shape index (κ2) is 9.05. The Balaban J connectivity index is 1.97. The molecule has 1 aliphatic rings. The van der Waals surface area contributed by atoms with E-state index in [-0.39, 0.29) is 18.0 Å². The Kier molecular flexibility index (Phi) is 6.49. The van der Waals surface area contributed by atoms with Crippen molar-refractivity contribution in [2.24, 2.45) is 11.1 Å². The van der Waals surface area contributed by atoms with Gasteiger partial charge >= 0.3 is 0 Å². The lowest BCUT2D eigenvalue weighted by Gasteiger charge is -2.34. The largest absolute Gasteiger partial charge is 0.493 e. The van der Waals surface area contributed by atoms with E-state index in [1.165, 1.54) is 0 Å². The number of hydrogen-bond acceptors (Lipinski definition) is 6. The minimum absolute atomic E-state index is 0.0625. The van der Waals surface area contributed by atoms with Crippen LogP contribution in [0.3, 0.4) is 0 Å². The van der Waals surface area contributed by atoms with Crippen LogP contribution in [-0.2, 0) is 0 Å². The summed E-state index contributed by atoms with van der Waals surface area (Å²) in [6, 6.07) is 12.0. The van der Waals surface area contributed by atoms with Gasteiger partial charge in [0.05, 0.1) is 40.1 Å². The fourth-order valence-corrected chi connectivity index (χ4v) is 4.01. The second-order valence-electron chi connectivity index (χ2n) is 7.14. The maximum Gasteiger partial charge on any atom is 0.161 e. The predicted octanol–water partition coefficient (Wildman–Crippen LogP) is 2.94. The third kappa shape index (κ3) is 4.10. The summed E-state index contributed by atoms with van der Waals surface area (Å²) in [7, 11) is 6.50. The van der Waals surface area contributed by atoms with Gasteiger partial charge in [-0.3, -0.25) is 0 Å². The van der Waals surface area contributed by atoms with Crippen molar-refractivity contribution in [3.05, 3.63) is 47.5 Å². The molecule has 3 atom stereocenters. The molecule has 0 bridgehead atoms. The molecule has 1 heterocycles. The fourth-order valence-electron chi connectivity index (χ4n) is 4.01. The average molecular weight is 401 g/mol. The molecule has 0 amide bonds. The fraction of sp³-hybridized carbons (Fsp3) is 0.409. The van der Waals surface area contributed by atoms with Crippen molar-refractivity contribution in [2.75, 3.05) is 28.4 Å². The Morgan fingerprint density at radius 2 is 1.34 bits per heavy atom. The van der Waals surface area contributed by atoms with Gasteiger partial charge < -0.3 is 29.5 Å². The molecule has 3 N–H and O–H groups in total. The van der Waals surface area contributed by atoms with Gasteiger partial charge in [0.2, 0.25) is 0 Å². The van der Waals surface area contributed by atoms with E-state index in [0.717, 1.165) is 16.8 Å². The first-order valence-corrected chi connectivity index (χ1v) is 9.55. The van der Waals surface area contributed by atoms with Gasteiger partial charge in [-0.05, 0) is 36.4 Å². The third-order valence-electron chi connectivity index (χ3n) is 5.69. The molecule has 1 saturated heterocycles. The molecule has 0 aromatic heterocycles. The minimum atomic E-state index is 0.0625. The van der Waals surface area contributed by atoms with E-state index >= 15 is 0 Å². The Morgan fingerprint density at radius 3 is 1.86 bits per heavy atom. The first kappa shape index (κ1) is 20.8. The summed E-state index contributed by atoms with van der Waals surface area (Å²) in [5, 5.41) is 15.6. The van der Waals surface area contributed by atoms with Crippen molar-refractivity contribution in [1.29, 1.82) is 0 Å². The van der Waals surface area contributed by atoms with E-state index in [0.29, 0.717) is 29.4 Å². The number of rotatable bonds is 6. The molecule has 1 aliphatic heterocycles. The number of piperidine rings is 1. The lowest BCUT2D eigenvalue weighted by Crippen LogP contribution is -2.90. The van der Waals surface area contributed by atoms with Crippen LogP contribution in [0.1, 0.15) is 36.6 Å². The van der Waals surface area contributed by atoms with Gasteiger partial charge in [-0.2, -0.15) is 0 Å². The Bertz CT molecular complexity index is 884. The highest BCUT2D eigenvalue weighted by molar-refractivity contribution is 5.87. The summed E-state index contributed by atoms with van der Waals surface area (Å²) in [5.74, 6) is 2.80. The van der Waals surface area contributed by atoms with Crippen LogP contribution in [0.5, 0.6) is 23.0 Å². The van der Waals surface area contributed by atoms with Crippen LogP contribution < -0.4 is 24.3 Å². The molecule has 2 aromatic carbocycles. The molecule has 29 heavy (non-hydrogen) atoms. The van der Waals surface area contributed by atoms with Gasteiger partial charge in [-0.15, -0.1) is 0 Å². The zero-order valence-corrected chi connectivity index (χ0v) is 17.5. The van der Waals surface area contributed by atoms with Crippen LogP contribution in [0.4, 0.5) is 0 Å². The van der Waals surface area contributed by atoms with E-state index < -0.39 is 0 Å². The van der Waals surface area contributed by atoms with Crippen molar-refractivity contribution in [2.45, 2.75) is 25.4 Å². The van der Waals surface area contributed by atoms with Crippen molar-refractivity contribution in [3.8, 4) is 23.0 Å². The lowest BCUT2D eigenvalue weighted by molar-refractivity contribution is -0.741. The van der Waals surface area contributed by atoms with Crippen LogP contribution in [0, 0.1) is 5.92 Å². The van der Waals surface area contributed by atoms with Crippen LogP contribution in [-0.4, -0.2) is 39.4 Å². The van der Waals surface area contributed by atoms with Crippen molar-refractivity contribution < 1.29 is 29.5 Å². The van der Waals surface area contributed by atoms with Gasteiger partial charge in [0.25, 0.3) is 0 Å². The molecule has 3 rings (SSSR count). The van der Waals surface area contributed by atoms with Gasteiger partial charge in [0.15, 0.2) is 23.0 Å². The normalized spacial score (nSPS) is 22.9. The molecule has 0 aliphatic carbocycles. The predicted molar refractivity (Wildman–Crippen MR) is 110 cm³/mol. The summed E-state index contributed by atoms with van der Waals surface area (Å²) < 4.78 is 21.6. The lowest BCUT2D eigenvalue weighted by atomic mass is 9.81. The molecule has 156 valence electrons. The molecule has 0 unspecified atom stereocenters. The zero-order chi connectivity index (χ0) is 21.0. The van der Waals surface area contributed by atoms with Crippen molar-refractivity contribution in [1.82, 2.24) is 0 Å². The zero-order valence-electron chi connectivity index (χ0n) is 17.5. The second-order valence-corrected chi connectivity index (χ2v) is 7.14. The van der Waals surface area contributed by atoms with E-state index in [9.17, 15) is 5.21 Å². The van der Waals surface area contributed by atoms with Gasteiger partial charge in [-0.1, -0.05) is 12.1 Å². The van der Waals surface area contributed by atoms with E-state index in [4.69, 9.17) is 18.9 Å². The molecule has 0 spiro atoms. The standard InChI is InChI=1S/C22H28N2O5/c1-13-16(24-25)12-17(14-6-8-18(26-2)20(10-14)28-4)23-22(13)15-7-9-19(27-3)21(11-15)29-5/h6-11,13,17,22-23,25H,12H2,1-5H3/p+1/b24-16+/t13-,17+,22-/m1/s1. The molecule has 0 saturated carbocycles. The van der Waals surface area contributed by atoms with Gasteiger partial charge in [0.1, 0.15) is 12.1 Å². The van der Waals surface area contributed by atoms with E-state index in [1.54, 1.807) is 28.4 Å².